The van der Waals surface area contributed by atoms with Crippen molar-refractivity contribution in [2.75, 3.05) is 6.54 Å². The molecule has 0 spiro atoms. The van der Waals surface area contributed by atoms with Crippen LogP contribution >= 0.6 is 0 Å². The van der Waals surface area contributed by atoms with E-state index in [1.54, 1.807) is 6.20 Å². The number of aromatic nitrogens is 3. The molecule has 5 heteroatoms. The van der Waals surface area contributed by atoms with Crippen LogP contribution in [0.3, 0.4) is 0 Å². The van der Waals surface area contributed by atoms with Crippen LogP contribution in [0.2, 0.25) is 0 Å². The fourth-order valence-electron chi connectivity index (χ4n) is 2.19. The molecule has 0 saturated carbocycles. The van der Waals surface area contributed by atoms with Crippen LogP contribution in [0.4, 0.5) is 0 Å². The first-order valence-electron chi connectivity index (χ1n) is 5.92. The number of hydrogen-bond donors (Lipinski definition) is 1. The molecular formula is C12H14N4O. The van der Waals surface area contributed by atoms with E-state index in [1.807, 2.05) is 18.2 Å². The van der Waals surface area contributed by atoms with Crippen LogP contribution in [0.25, 0.3) is 11.5 Å². The third kappa shape index (κ3) is 2.06. The van der Waals surface area contributed by atoms with Crippen molar-refractivity contribution in [2.24, 2.45) is 0 Å². The Labute approximate surface area is 99.2 Å². The largest absolute Gasteiger partial charge is 0.335 e. The lowest BCUT2D eigenvalue weighted by molar-refractivity contribution is 0.402. The van der Waals surface area contributed by atoms with Crippen molar-refractivity contribution in [3.63, 3.8) is 0 Å². The summed E-state index contributed by atoms with van der Waals surface area (Å²) in [7, 11) is 0. The first-order valence-corrected chi connectivity index (χ1v) is 5.92. The topological polar surface area (TPSA) is 63.8 Å². The summed E-state index contributed by atoms with van der Waals surface area (Å²) in [6.45, 7) is 1.03. The smallest absolute Gasteiger partial charge is 0.210 e. The molecule has 5 nitrogen and oxygen atoms in total. The molecule has 1 aliphatic heterocycles. The van der Waals surface area contributed by atoms with E-state index in [1.165, 1.54) is 12.8 Å². The first-order chi connectivity index (χ1) is 8.45. The van der Waals surface area contributed by atoms with Gasteiger partial charge in [-0.25, -0.2) is 0 Å². The predicted octanol–water partition coefficient (Wildman–Crippen LogP) is 1.95. The molecule has 0 bridgehead atoms. The van der Waals surface area contributed by atoms with E-state index in [4.69, 9.17) is 4.52 Å². The lowest BCUT2D eigenvalue weighted by Crippen LogP contribution is -2.27. The highest BCUT2D eigenvalue weighted by atomic mass is 16.5. The number of nitrogens with zero attached hydrogens (tertiary/aromatic N) is 3. The lowest BCUT2D eigenvalue weighted by Gasteiger charge is -2.21. The number of nitrogens with one attached hydrogen (secondary N) is 1. The van der Waals surface area contributed by atoms with Crippen LogP contribution in [0.1, 0.15) is 31.0 Å². The molecule has 2 aromatic rings. The number of hydrogen-bond acceptors (Lipinski definition) is 5. The number of piperidine rings is 1. The van der Waals surface area contributed by atoms with Gasteiger partial charge in [0.2, 0.25) is 5.76 Å². The van der Waals surface area contributed by atoms with Crippen LogP contribution in [-0.2, 0) is 0 Å². The van der Waals surface area contributed by atoms with Gasteiger partial charge in [-0.3, -0.25) is 4.98 Å². The average molecular weight is 230 g/mol. The van der Waals surface area contributed by atoms with Crippen LogP contribution < -0.4 is 5.32 Å². The van der Waals surface area contributed by atoms with Gasteiger partial charge in [0.25, 0.3) is 0 Å². The van der Waals surface area contributed by atoms with Gasteiger partial charge >= 0.3 is 0 Å². The van der Waals surface area contributed by atoms with Gasteiger partial charge in [-0.2, -0.15) is 0 Å². The molecule has 17 heavy (non-hydrogen) atoms. The standard InChI is InChI=1S/C12H14N4O/c1-3-7-13-9(5-1)11-12(17-16-15-11)10-6-2-4-8-14-10/h2,4,6,8-9,13H,1,3,5,7H2. The van der Waals surface area contributed by atoms with Crippen LogP contribution in [0, 0.1) is 0 Å². The predicted molar refractivity (Wildman–Crippen MR) is 62.1 cm³/mol. The van der Waals surface area contributed by atoms with Gasteiger partial charge in [0.05, 0.1) is 6.04 Å². The molecule has 1 fully saturated rings. The Hall–Kier alpha value is -1.75. The molecule has 1 aliphatic rings. The Morgan fingerprint density at radius 2 is 2.29 bits per heavy atom. The molecule has 3 rings (SSSR count). The van der Waals surface area contributed by atoms with Crippen molar-refractivity contribution in [2.45, 2.75) is 25.3 Å². The molecule has 2 aromatic heterocycles. The molecule has 1 unspecified atom stereocenters. The molecule has 1 saturated heterocycles. The Balaban J connectivity index is 1.93. The second-order valence-electron chi connectivity index (χ2n) is 4.20. The maximum absolute atomic E-state index is 5.24. The molecule has 0 amide bonds. The molecule has 3 heterocycles. The molecule has 0 aromatic carbocycles. The van der Waals surface area contributed by atoms with Gasteiger partial charge in [-0.1, -0.05) is 12.5 Å². The van der Waals surface area contributed by atoms with Gasteiger partial charge in [0.1, 0.15) is 11.4 Å². The summed E-state index contributed by atoms with van der Waals surface area (Å²) in [5, 5.41) is 11.2. The lowest BCUT2D eigenvalue weighted by atomic mass is 10.0. The Morgan fingerprint density at radius 1 is 1.29 bits per heavy atom. The summed E-state index contributed by atoms with van der Waals surface area (Å²) in [5.74, 6) is 0.685. The van der Waals surface area contributed by atoms with Gasteiger partial charge in [-0.05, 0) is 31.5 Å². The summed E-state index contributed by atoms with van der Waals surface area (Å²) in [4.78, 5) is 4.28. The SMILES string of the molecule is c1ccc(-c2onnc2C2CCCCN2)nc1. The zero-order chi connectivity index (χ0) is 11.5. The highest BCUT2D eigenvalue weighted by molar-refractivity contribution is 5.54. The van der Waals surface area contributed by atoms with Crippen molar-refractivity contribution in [1.82, 2.24) is 20.7 Å². The Morgan fingerprint density at radius 3 is 3.06 bits per heavy atom. The van der Waals surface area contributed by atoms with Crippen molar-refractivity contribution in [1.29, 1.82) is 0 Å². The van der Waals surface area contributed by atoms with E-state index in [0.717, 1.165) is 24.4 Å². The second-order valence-corrected chi connectivity index (χ2v) is 4.20. The maximum Gasteiger partial charge on any atom is 0.210 e. The maximum atomic E-state index is 5.24. The minimum Gasteiger partial charge on any atom is -0.335 e. The van der Waals surface area contributed by atoms with Crippen LogP contribution in [0.5, 0.6) is 0 Å². The highest BCUT2D eigenvalue weighted by Gasteiger charge is 2.24. The van der Waals surface area contributed by atoms with E-state index in [0.29, 0.717) is 5.76 Å². The fourth-order valence-corrected chi connectivity index (χ4v) is 2.19. The summed E-state index contributed by atoms with van der Waals surface area (Å²) >= 11 is 0. The minimum absolute atomic E-state index is 0.243. The van der Waals surface area contributed by atoms with Crippen molar-refractivity contribution >= 4 is 0 Å². The van der Waals surface area contributed by atoms with Gasteiger partial charge in [0, 0.05) is 11.5 Å². The minimum atomic E-state index is 0.243. The first kappa shape index (κ1) is 10.4. The summed E-state index contributed by atoms with van der Waals surface area (Å²) in [6, 6.07) is 5.97. The number of rotatable bonds is 2. The summed E-state index contributed by atoms with van der Waals surface area (Å²) < 4.78 is 5.24. The van der Waals surface area contributed by atoms with E-state index < -0.39 is 0 Å². The molecule has 1 atom stereocenters. The fraction of sp³-hybridized carbons (Fsp3) is 0.417. The summed E-state index contributed by atoms with van der Waals surface area (Å²) in [5.41, 5.74) is 1.67. The molecule has 1 N–H and O–H groups in total. The van der Waals surface area contributed by atoms with E-state index in [-0.39, 0.29) is 6.04 Å². The Kier molecular flexibility index (Phi) is 2.83. The molecule has 0 aliphatic carbocycles. The van der Waals surface area contributed by atoms with Gasteiger partial charge in [-0.15, -0.1) is 5.10 Å². The quantitative estimate of drug-likeness (QED) is 0.854. The zero-order valence-corrected chi connectivity index (χ0v) is 9.47. The Bertz CT molecular complexity index is 476. The summed E-state index contributed by atoms with van der Waals surface area (Å²) in [6.07, 6.45) is 5.26. The molecule has 0 radical (unpaired) electrons. The van der Waals surface area contributed by atoms with E-state index in [2.05, 4.69) is 20.7 Å². The van der Waals surface area contributed by atoms with Crippen LogP contribution in [-0.4, -0.2) is 21.9 Å². The van der Waals surface area contributed by atoms with E-state index in [9.17, 15) is 0 Å². The van der Waals surface area contributed by atoms with E-state index >= 15 is 0 Å². The molecular weight excluding hydrogens is 216 g/mol. The van der Waals surface area contributed by atoms with Gasteiger partial charge in [0.15, 0.2) is 0 Å². The monoisotopic (exact) mass is 230 g/mol. The average Bonchev–Trinajstić information content (AvgIpc) is 2.90. The third-order valence-electron chi connectivity index (χ3n) is 3.05. The van der Waals surface area contributed by atoms with Crippen molar-refractivity contribution in [3.05, 3.63) is 30.1 Å². The van der Waals surface area contributed by atoms with Crippen molar-refractivity contribution in [3.8, 4) is 11.5 Å². The highest BCUT2D eigenvalue weighted by Crippen LogP contribution is 2.29. The molecule has 88 valence electrons. The zero-order valence-electron chi connectivity index (χ0n) is 9.47. The second kappa shape index (κ2) is 4.63. The van der Waals surface area contributed by atoms with Gasteiger partial charge < -0.3 is 9.84 Å². The van der Waals surface area contributed by atoms with Crippen LogP contribution in [0.15, 0.2) is 28.9 Å². The van der Waals surface area contributed by atoms with Crippen molar-refractivity contribution < 1.29 is 4.52 Å². The normalized spacial score (nSPS) is 20.4. The third-order valence-corrected chi connectivity index (χ3v) is 3.05. The number of pyridine rings is 1.